The predicted molar refractivity (Wildman–Crippen MR) is 339 cm³/mol. The second-order valence-electron chi connectivity index (χ2n) is 22.0. The molecular formula is C72H124O6. The summed E-state index contributed by atoms with van der Waals surface area (Å²) in [5, 5.41) is 0. The molecule has 1 atom stereocenters. The van der Waals surface area contributed by atoms with E-state index in [1.54, 1.807) is 0 Å². The molecular weight excluding hydrogens is 961 g/mol. The smallest absolute Gasteiger partial charge is 0.306 e. The minimum atomic E-state index is -0.801. The van der Waals surface area contributed by atoms with E-state index in [1.807, 2.05) is 0 Å². The summed E-state index contributed by atoms with van der Waals surface area (Å²) in [7, 11) is 0. The van der Waals surface area contributed by atoms with Crippen molar-refractivity contribution >= 4 is 17.9 Å². The largest absolute Gasteiger partial charge is 0.462 e. The second kappa shape index (κ2) is 65.8. The Morgan fingerprint density at radius 3 is 0.795 bits per heavy atom. The average Bonchev–Trinajstić information content (AvgIpc) is 3.44. The molecule has 0 aliphatic heterocycles. The number of carbonyl (C=O) groups excluding carboxylic acids is 3. The molecule has 448 valence electrons. The highest BCUT2D eigenvalue weighted by Crippen LogP contribution is 2.17. The van der Waals surface area contributed by atoms with Crippen LogP contribution >= 0.6 is 0 Å². The maximum atomic E-state index is 12.9. The Balaban J connectivity index is 4.31. The molecule has 0 rings (SSSR count). The topological polar surface area (TPSA) is 78.9 Å². The quantitative estimate of drug-likeness (QED) is 0.0261. The molecule has 78 heavy (non-hydrogen) atoms. The van der Waals surface area contributed by atoms with Crippen LogP contribution in [0.5, 0.6) is 0 Å². The Labute approximate surface area is 483 Å². The van der Waals surface area contributed by atoms with Gasteiger partial charge in [0.15, 0.2) is 6.10 Å². The van der Waals surface area contributed by atoms with Gasteiger partial charge in [-0.25, -0.2) is 0 Å². The van der Waals surface area contributed by atoms with Gasteiger partial charge < -0.3 is 14.2 Å². The van der Waals surface area contributed by atoms with Crippen molar-refractivity contribution in [2.75, 3.05) is 13.2 Å². The number of ether oxygens (including phenoxy) is 3. The van der Waals surface area contributed by atoms with E-state index in [0.717, 1.165) is 135 Å². The highest BCUT2D eigenvalue weighted by Gasteiger charge is 2.19. The van der Waals surface area contributed by atoms with Gasteiger partial charge in [-0.2, -0.15) is 0 Å². The van der Waals surface area contributed by atoms with Gasteiger partial charge in [-0.15, -0.1) is 0 Å². The third-order valence-corrected chi connectivity index (χ3v) is 14.3. The first-order valence-electron chi connectivity index (χ1n) is 33.2. The van der Waals surface area contributed by atoms with Crippen LogP contribution in [0.4, 0.5) is 0 Å². The molecule has 0 amide bonds. The average molecular weight is 1090 g/mol. The SMILES string of the molecule is CC/C=C\C/C=C\C/C=C\C/C=C\C/C=C\CCCCCCCC(=O)OC(COC(=O)CCCCC/C=C\C/C=C\C/C=C\CC)COC(=O)CCCCCCCCCCCCCCCCCCCCCCCCCCCC. The Hall–Kier alpha value is -3.67. The van der Waals surface area contributed by atoms with Crippen molar-refractivity contribution in [1.82, 2.24) is 0 Å². The Morgan fingerprint density at radius 1 is 0.269 bits per heavy atom. The summed E-state index contributed by atoms with van der Waals surface area (Å²) < 4.78 is 16.9. The number of carbonyl (C=O) groups is 3. The van der Waals surface area contributed by atoms with Gasteiger partial charge in [-0.3, -0.25) is 14.4 Å². The van der Waals surface area contributed by atoms with Crippen LogP contribution in [-0.2, 0) is 28.6 Å². The molecule has 0 N–H and O–H groups in total. The summed E-state index contributed by atoms with van der Waals surface area (Å²) in [4.78, 5) is 38.3. The molecule has 0 aromatic carbocycles. The van der Waals surface area contributed by atoms with Gasteiger partial charge in [0.1, 0.15) is 13.2 Å². The van der Waals surface area contributed by atoms with Gasteiger partial charge in [0, 0.05) is 19.3 Å². The van der Waals surface area contributed by atoms with Crippen LogP contribution in [0.25, 0.3) is 0 Å². The number of allylic oxidation sites excluding steroid dienone is 16. The molecule has 6 heteroatoms. The lowest BCUT2D eigenvalue weighted by molar-refractivity contribution is -0.167. The Bertz CT molecular complexity index is 1530. The van der Waals surface area contributed by atoms with Gasteiger partial charge in [-0.05, 0) is 96.3 Å². The summed E-state index contributed by atoms with van der Waals surface area (Å²) in [6.07, 6.45) is 88.6. The zero-order valence-electron chi connectivity index (χ0n) is 51.4. The monoisotopic (exact) mass is 1080 g/mol. The van der Waals surface area contributed by atoms with Gasteiger partial charge in [0.25, 0.3) is 0 Å². The zero-order valence-corrected chi connectivity index (χ0v) is 51.4. The zero-order chi connectivity index (χ0) is 56.4. The van der Waals surface area contributed by atoms with Crippen molar-refractivity contribution in [3.05, 3.63) is 97.2 Å². The summed E-state index contributed by atoms with van der Waals surface area (Å²) in [6, 6.07) is 0. The van der Waals surface area contributed by atoms with Crippen molar-refractivity contribution in [2.45, 2.75) is 329 Å². The third-order valence-electron chi connectivity index (χ3n) is 14.3. The van der Waals surface area contributed by atoms with Crippen LogP contribution in [0.3, 0.4) is 0 Å². The van der Waals surface area contributed by atoms with Crippen molar-refractivity contribution in [3.63, 3.8) is 0 Å². The minimum Gasteiger partial charge on any atom is -0.462 e. The number of hydrogen-bond acceptors (Lipinski definition) is 6. The van der Waals surface area contributed by atoms with Gasteiger partial charge in [-0.1, -0.05) is 304 Å². The van der Waals surface area contributed by atoms with Gasteiger partial charge >= 0.3 is 17.9 Å². The normalized spacial score (nSPS) is 12.7. The second-order valence-corrected chi connectivity index (χ2v) is 22.0. The molecule has 0 aliphatic rings. The summed E-state index contributed by atoms with van der Waals surface area (Å²) in [5.74, 6) is -0.931. The minimum absolute atomic E-state index is 0.0932. The van der Waals surface area contributed by atoms with Crippen LogP contribution in [0, 0.1) is 0 Å². The van der Waals surface area contributed by atoms with Crippen LogP contribution in [-0.4, -0.2) is 37.2 Å². The molecule has 0 aromatic rings. The van der Waals surface area contributed by atoms with E-state index in [-0.39, 0.29) is 31.1 Å². The maximum absolute atomic E-state index is 12.9. The lowest BCUT2D eigenvalue weighted by atomic mass is 10.0. The fourth-order valence-electron chi connectivity index (χ4n) is 9.43. The van der Waals surface area contributed by atoms with E-state index in [4.69, 9.17) is 14.2 Å². The fourth-order valence-corrected chi connectivity index (χ4v) is 9.43. The summed E-state index contributed by atoms with van der Waals surface area (Å²) in [6.45, 7) is 6.41. The number of rotatable bonds is 60. The number of hydrogen-bond donors (Lipinski definition) is 0. The van der Waals surface area contributed by atoms with Crippen LogP contribution < -0.4 is 0 Å². The highest BCUT2D eigenvalue weighted by molar-refractivity contribution is 5.71. The lowest BCUT2D eigenvalue weighted by Gasteiger charge is -2.18. The highest BCUT2D eigenvalue weighted by atomic mass is 16.6. The van der Waals surface area contributed by atoms with E-state index in [2.05, 4.69) is 118 Å². The predicted octanol–water partition coefficient (Wildman–Crippen LogP) is 22.8. The molecule has 0 spiro atoms. The van der Waals surface area contributed by atoms with E-state index in [0.29, 0.717) is 19.3 Å². The van der Waals surface area contributed by atoms with E-state index >= 15 is 0 Å². The van der Waals surface area contributed by atoms with Crippen LogP contribution in [0.2, 0.25) is 0 Å². The molecule has 0 fully saturated rings. The van der Waals surface area contributed by atoms with Crippen molar-refractivity contribution < 1.29 is 28.6 Å². The molecule has 0 saturated carbocycles. The Kier molecular flexibility index (Phi) is 62.7. The molecule has 0 radical (unpaired) electrons. The molecule has 6 nitrogen and oxygen atoms in total. The third kappa shape index (κ3) is 63.2. The van der Waals surface area contributed by atoms with E-state index in [9.17, 15) is 14.4 Å². The van der Waals surface area contributed by atoms with Crippen molar-refractivity contribution in [3.8, 4) is 0 Å². The molecule has 0 aromatic heterocycles. The molecule has 1 unspecified atom stereocenters. The summed E-state index contributed by atoms with van der Waals surface area (Å²) in [5.41, 5.74) is 0. The first-order valence-corrected chi connectivity index (χ1v) is 33.2. The first-order chi connectivity index (χ1) is 38.5. The number of esters is 3. The van der Waals surface area contributed by atoms with Crippen LogP contribution in [0.15, 0.2) is 97.2 Å². The van der Waals surface area contributed by atoms with Gasteiger partial charge in [0.05, 0.1) is 0 Å². The van der Waals surface area contributed by atoms with Crippen molar-refractivity contribution in [1.29, 1.82) is 0 Å². The fraction of sp³-hybridized carbons (Fsp3) is 0.736. The number of unbranched alkanes of at least 4 members (excludes halogenated alkanes) is 33. The standard InChI is InChI=1S/C72H124O6/c1-4-7-10-13-16-19-22-25-27-29-31-33-34-35-36-37-39-40-42-44-47-50-53-56-59-62-65-71(74)77-68-69(67-76-70(73)64-61-58-55-52-49-46-24-21-18-15-12-9-6-3)78-72(75)66-63-60-57-54-51-48-45-43-41-38-32-30-28-26-23-20-17-14-11-8-5-2/h8-9,11-12,17-18,20-21,26,28,32,38,43,45-46,49,69H,4-7,10,13-16,19,22-25,27,29-31,33-37,39-42,44,47-48,50-68H2,1-3H3/b11-8-,12-9-,20-17-,21-18-,28-26-,38-32-,45-43-,49-46-. The van der Waals surface area contributed by atoms with Crippen molar-refractivity contribution in [2.24, 2.45) is 0 Å². The van der Waals surface area contributed by atoms with Gasteiger partial charge in [0.2, 0.25) is 0 Å². The summed E-state index contributed by atoms with van der Waals surface area (Å²) >= 11 is 0. The van der Waals surface area contributed by atoms with Crippen LogP contribution in [0.1, 0.15) is 323 Å². The molecule has 0 bridgehead atoms. The molecule has 0 heterocycles. The molecule has 0 saturated heterocycles. The Morgan fingerprint density at radius 2 is 0.500 bits per heavy atom. The van der Waals surface area contributed by atoms with E-state index in [1.165, 1.54) is 148 Å². The maximum Gasteiger partial charge on any atom is 0.306 e. The molecule has 0 aliphatic carbocycles. The van der Waals surface area contributed by atoms with E-state index < -0.39 is 6.10 Å². The lowest BCUT2D eigenvalue weighted by Crippen LogP contribution is -2.30. The first kappa shape index (κ1) is 74.3.